The van der Waals surface area contributed by atoms with Gasteiger partial charge in [0.1, 0.15) is 5.82 Å². The van der Waals surface area contributed by atoms with E-state index in [1.54, 1.807) is 30.5 Å². The summed E-state index contributed by atoms with van der Waals surface area (Å²) in [5.41, 5.74) is 4.35. The maximum Gasteiger partial charge on any atom is 0.337 e. The third kappa shape index (κ3) is 3.90. The van der Waals surface area contributed by atoms with Crippen LogP contribution >= 0.6 is 11.6 Å². The highest BCUT2D eigenvalue weighted by Crippen LogP contribution is 2.40. The highest BCUT2D eigenvalue weighted by atomic mass is 35.5. The van der Waals surface area contributed by atoms with Crippen molar-refractivity contribution >= 4 is 29.3 Å². The molecule has 1 amide bonds. The van der Waals surface area contributed by atoms with Crippen LogP contribution in [0.3, 0.4) is 0 Å². The Hall–Kier alpha value is -4.11. The van der Waals surface area contributed by atoms with Crippen LogP contribution in [-0.4, -0.2) is 43.9 Å². The smallest absolute Gasteiger partial charge is 0.337 e. The standard InChI is InChI=1S/C24H19ClN6O3/c1-13-21-18(14-3-5-16(6-4-14)23(33)34-2)11-20(32)28-22(21)31(30-13)24-27-19(12-26-29-24)15-7-9-17(25)10-8-15/h3-10,12,18H,11H2,1-2H3,(H,28,32)/t18-/m1/s1. The molecule has 10 heteroatoms. The minimum Gasteiger partial charge on any atom is -0.465 e. The van der Waals surface area contributed by atoms with Crippen LogP contribution in [0.5, 0.6) is 0 Å². The van der Waals surface area contributed by atoms with E-state index in [9.17, 15) is 9.59 Å². The zero-order valence-corrected chi connectivity index (χ0v) is 19.1. The third-order valence-electron chi connectivity index (χ3n) is 5.71. The molecule has 0 bridgehead atoms. The summed E-state index contributed by atoms with van der Waals surface area (Å²) in [6, 6.07) is 14.3. The van der Waals surface area contributed by atoms with Crippen LogP contribution in [0.2, 0.25) is 5.02 Å². The molecule has 170 valence electrons. The number of methoxy groups -OCH3 is 1. The van der Waals surface area contributed by atoms with Crippen molar-refractivity contribution in [2.45, 2.75) is 19.3 Å². The number of carbonyl (C=O) groups excluding carboxylic acids is 2. The number of hydrogen-bond acceptors (Lipinski definition) is 7. The molecule has 0 radical (unpaired) electrons. The molecule has 5 rings (SSSR count). The molecule has 0 saturated heterocycles. The molecule has 0 aliphatic carbocycles. The molecular formula is C24H19ClN6O3. The van der Waals surface area contributed by atoms with E-state index in [1.807, 2.05) is 31.2 Å². The van der Waals surface area contributed by atoms with Gasteiger partial charge in [-0.1, -0.05) is 35.9 Å². The number of aromatic nitrogens is 5. The Morgan fingerprint density at radius 2 is 1.88 bits per heavy atom. The second kappa shape index (κ2) is 8.68. The van der Waals surface area contributed by atoms with Gasteiger partial charge in [-0.25, -0.2) is 9.78 Å². The van der Waals surface area contributed by atoms with Crippen LogP contribution in [0.15, 0.2) is 54.7 Å². The average molecular weight is 475 g/mol. The lowest BCUT2D eigenvalue weighted by Crippen LogP contribution is -2.25. The summed E-state index contributed by atoms with van der Waals surface area (Å²) >= 11 is 5.99. The van der Waals surface area contributed by atoms with Crippen molar-refractivity contribution in [2.24, 2.45) is 0 Å². The fourth-order valence-electron chi connectivity index (χ4n) is 4.09. The number of carbonyl (C=O) groups is 2. The van der Waals surface area contributed by atoms with E-state index < -0.39 is 5.97 Å². The van der Waals surface area contributed by atoms with Gasteiger partial charge in [-0.15, -0.1) is 5.10 Å². The number of fused-ring (bicyclic) bond motifs is 1. The van der Waals surface area contributed by atoms with E-state index >= 15 is 0 Å². The fourth-order valence-corrected chi connectivity index (χ4v) is 4.22. The number of anilines is 1. The molecule has 0 saturated carbocycles. The van der Waals surface area contributed by atoms with Crippen molar-refractivity contribution < 1.29 is 14.3 Å². The Bertz CT molecular complexity index is 1400. The molecular weight excluding hydrogens is 456 g/mol. The monoisotopic (exact) mass is 474 g/mol. The minimum atomic E-state index is -0.414. The summed E-state index contributed by atoms with van der Waals surface area (Å²) in [4.78, 5) is 29.0. The molecule has 0 fully saturated rings. The van der Waals surface area contributed by atoms with Crippen molar-refractivity contribution in [1.82, 2.24) is 25.0 Å². The first-order chi connectivity index (χ1) is 16.4. The van der Waals surface area contributed by atoms with Crippen molar-refractivity contribution in [2.75, 3.05) is 12.4 Å². The molecule has 4 aromatic rings. The highest BCUT2D eigenvalue weighted by Gasteiger charge is 2.33. The van der Waals surface area contributed by atoms with Crippen molar-refractivity contribution in [1.29, 1.82) is 0 Å². The Morgan fingerprint density at radius 1 is 1.15 bits per heavy atom. The first-order valence-electron chi connectivity index (χ1n) is 10.5. The predicted molar refractivity (Wildman–Crippen MR) is 125 cm³/mol. The molecule has 3 heterocycles. The highest BCUT2D eigenvalue weighted by molar-refractivity contribution is 6.30. The van der Waals surface area contributed by atoms with Gasteiger partial charge in [0.15, 0.2) is 0 Å². The largest absolute Gasteiger partial charge is 0.465 e. The van der Waals surface area contributed by atoms with Gasteiger partial charge >= 0.3 is 5.97 Å². The van der Waals surface area contributed by atoms with Crippen molar-refractivity contribution in [3.8, 4) is 17.2 Å². The second-order valence-electron chi connectivity index (χ2n) is 7.83. The summed E-state index contributed by atoms with van der Waals surface area (Å²) in [6.07, 6.45) is 1.81. The molecule has 34 heavy (non-hydrogen) atoms. The maximum absolute atomic E-state index is 12.6. The first kappa shape index (κ1) is 21.7. The van der Waals surface area contributed by atoms with Crippen LogP contribution in [0.25, 0.3) is 17.2 Å². The number of ether oxygens (including phenoxy) is 1. The number of aryl methyl sites for hydroxylation is 1. The molecule has 9 nitrogen and oxygen atoms in total. The molecule has 2 aromatic heterocycles. The van der Waals surface area contributed by atoms with Gasteiger partial charge in [-0.05, 0) is 36.8 Å². The Balaban J connectivity index is 1.56. The molecule has 1 aliphatic rings. The van der Waals surface area contributed by atoms with E-state index in [-0.39, 0.29) is 24.2 Å². The van der Waals surface area contributed by atoms with Gasteiger partial charge in [-0.2, -0.15) is 14.9 Å². The summed E-state index contributed by atoms with van der Waals surface area (Å²) in [7, 11) is 1.34. The summed E-state index contributed by atoms with van der Waals surface area (Å²) in [5.74, 6) is -0.0680. The normalized spacial score (nSPS) is 14.9. The number of rotatable bonds is 4. The van der Waals surface area contributed by atoms with Gasteiger partial charge in [0, 0.05) is 28.5 Å². The van der Waals surface area contributed by atoms with Crippen molar-refractivity contribution in [3.63, 3.8) is 0 Å². The number of hydrogen-bond donors (Lipinski definition) is 1. The average Bonchev–Trinajstić information content (AvgIpc) is 3.19. The number of halogens is 1. The summed E-state index contributed by atoms with van der Waals surface area (Å²) in [5, 5.41) is 16.4. The van der Waals surface area contributed by atoms with Gasteiger partial charge < -0.3 is 10.1 Å². The van der Waals surface area contributed by atoms with Crippen LogP contribution in [0, 0.1) is 6.92 Å². The molecule has 1 N–H and O–H groups in total. The SMILES string of the molecule is COC(=O)c1ccc([C@H]2CC(=O)Nc3c2c(C)nn3-c2nncc(-c3ccc(Cl)cc3)n2)cc1. The Labute approximate surface area is 199 Å². The second-order valence-corrected chi connectivity index (χ2v) is 8.26. The van der Waals surface area contributed by atoms with Crippen molar-refractivity contribution in [3.05, 3.63) is 82.1 Å². The zero-order valence-electron chi connectivity index (χ0n) is 18.3. The van der Waals surface area contributed by atoms with E-state index in [0.29, 0.717) is 22.1 Å². The number of nitrogens with one attached hydrogen (secondary N) is 1. The third-order valence-corrected chi connectivity index (χ3v) is 5.97. The maximum atomic E-state index is 12.6. The number of amides is 1. The zero-order chi connectivity index (χ0) is 23.8. The van der Waals surface area contributed by atoms with Crippen LogP contribution in [0.1, 0.15) is 39.5 Å². The van der Waals surface area contributed by atoms with E-state index in [4.69, 9.17) is 16.3 Å². The number of benzene rings is 2. The summed E-state index contributed by atoms with van der Waals surface area (Å²) < 4.78 is 6.27. The van der Waals surface area contributed by atoms with Gasteiger partial charge in [0.25, 0.3) is 5.95 Å². The van der Waals surface area contributed by atoms with Gasteiger partial charge in [-0.3, -0.25) is 4.79 Å². The van der Waals surface area contributed by atoms with Crippen LogP contribution in [0.4, 0.5) is 5.82 Å². The Kier molecular flexibility index (Phi) is 5.54. The fraction of sp³-hybridized carbons (Fsp3) is 0.167. The van der Waals surface area contributed by atoms with Crippen LogP contribution < -0.4 is 5.32 Å². The van der Waals surface area contributed by atoms with Gasteiger partial charge in [0.2, 0.25) is 5.91 Å². The Morgan fingerprint density at radius 3 is 2.59 bits per heavy atom. The lowest BCUT2D eigenvalue weighted by atomic mass is 9.85. The number of nitrogens with zero attached hydrogens (tertiary/aromatic N) is 5. The van der Waals surface area contributed by atoms with Crippen LogP contribution in [-0.2, 0) is 9.53 Å². The molecule has 0 spiro atoms. The van der Waals surface area contributed by atoms with E-state index in [0.717, 1.165) is 22.4 Å². The minimum absolute atomic E-state index is 0.155. The molecule has 2 aromatic carbocycles. The quantitative estimate of drug-likeness (QED) is 0.446. The van der Waals surface area contributed by atoms with E-state index in [2.05, 4.69) is 25.6 Å². The number of esters is 1. The predicted octanol–water partition coefficient (Wildman–Crippen LogP) is 3.95. The molecule has 1 aliphatic heterocycles. The summed E-state index contributed by atoms with van der Waals surface area (Å²) in [6.45, 7) is 1.87. The topological polar surface area (TPSA) is 112 Å². The van der Waals surface area contributed by atoms with Gasteiger partial charge in [0.05, 0.1) is 30.3 Å². The van der Waals surface area contributed by atoms with E-state index in [1.165, 1.54) is 11.8 Å². The first-order valence-corrected chi connectivity index (χ1v) is 10.9. The lowest BCUT2D eigenvalue weighted by Gasteiger charge is -2.24. The molecule has 1 atom stereocenters. The molecule has 0 unspecified atom stereocenters. The lowest BCUT2D eigenvalue weighted by molar-refractivity contribution is -0.116.